The van der Waals surface area contributed by atoms with E-state index in [-0.39, 0.29) is 29.7 Å². The standard InChI is InChI=1S/C34H50N4O6/c1-20(2)16-26(31(40)36-27(17-21(3)4)32(41)37-28(18-22(5)6)34(43)44-7)35-30(39)19-25-23-12-8-9-13-24(23)33(42)38-15-11-10-14-29(25)38/h8-9,12-13,19-22,26-29H,10-11,14-18H2,1-7H3,(H,35,39)(H,36,40)(H,37,41)/b25-19-/t26-,27+,28-,29-/m0/s1. The molecule has 2 aliphatic rings. The van der Waals surface area contributed by atoms with E-state index in [9.17, 15) is 24.0 Å². The largest absolute Gasteiger partial charge is 0.467 e. The van der Waals surface area contributed by atoms with Crippen LogP contribution in [0.2, 0.25) is 0 Å². The quantitative estimate of drug-likeness (QED) is 0.230. The molecule has 242 valence electrons. The lowest BCUT2D eigenvalue weighted by Gasteiger charge is -2.41. The van der Waals surface area contributed by atoms with Gasteiger partial charge in [-0.25, -0.2) is 4.79 Å². The number of hydrogen-bond donors (Lipinski definition) is 3. The molecule has 0 radical (unpaired) electrons. The third-order valence-corrected chi connectivity index (χ3v) is 8.07. The van der Waals surface area contributed by atoms with Gasteiger partial charge in [-0.1, -0.05) is 59.7 Å². The van der Waals surface area contributed by atoms with E-state index in [0.29, 0.717) is 31.4 Å². The number of benzene rings is 1. The van der Waals surface area contributed by atoms with E-state index in [1.165, 1.54) is 13.2 Å². The SMILES string of the molecule is COC(=O)[C@H](CC(C)C)NC(=O)[C@@H](CC(C)C)NC(=O)[C@H](CC(C)C)NC(=O)/C=C1/c2ccccc2C(=O)N2CCCC[C@@H]12. The Bertz CT molecular complexity index is 1240. The van der Waals surface area contributed by atoms with Gasteiger partial charge in [0.15, 0.2) is 0 Å². The molecule has 2 aliphatic heterocycles. The zero-order valence-electron chi connectivity index (χ0n) is 27.3. The van der Waals surface area contributed by atoms with Crippen molar-refractivity contribution >= 4 is 35.2 Å². The Hall–Kier alpha value is -3.69. The lowest BCUT2D eigenvalue weighted by Crippen LogP contribution is -2.56. The molecule has 0 unspecified atom stereocenters. The van der Waals surface area contributed by atoms with Crippen molar-refractivity contribution in [2.75, 3.05) is 13.7 Å². The molecule has 10 nitrogen and oxygen atoms in total. The maximum absolute atomic E-state index is 13.7. The van der Waals surface area contributed by atoms with Crippen LogP contribution in [0.5, 0.6) is 0 Å². The first-order valence-corrected chi connectivity index (χ1v) is 15.9. The number of hydrogen-bond acceptors (Lipinski definition) is 6. The van der Waals surface area contributed by atoms with Gasteiger partial charge in [-0.15, -0.1) is 0 Å². The molecule has 2 heterocycles. The van der Waals surface area contributed by atoms with Crippen LogP contribution in [0.15, 0.2) is 30.3 Å². The van der Waals surface area contributed by atoms with Crippen LogP contribution in [0.25, 0.3) is 5.57 Å². The van der Waals surface area contributed by atoms with E-state index in [4.69, 9.17) is 4.74 Å². The molecule has 3 N–H and O–H groups in total. The first-order chi connectivity index (χ1) is 20.8. The summed E-state index contributed by atoms with van der Waals surface area (Å²) in [5.74, 6) is -1.64. The van der Waals surface area contributed by atoms with Crippen molar-refractivity contribution in [1.82, 2.24) is 20.9 Å². The molecule has 1 aromatic carbocycles. The van der Waals surface area contributed by atoms with E-state index in [1.54, 1.807) is 6.07 Å². The normalized spacial score (nSPS) is 19.2. The molecule has 44 heavy (non-hydrogen) atoms. The van der Waals surface area contributed by atoms with Crippen molar-refractivity contribution in [3.63, 3.8) is 0 Å². The Morgan fingerprint density at radius 1 is 0.818 bits per heavy atom. The van der Waals surface area contributed by atoms with Crippen LogP contribution in [0, 0.1) is 17.8 Å². The van der Waals surface area contributed by atoms with Crippen LogP contribution < -0.4 is 16.0 Å². The number of rotatable bonds is 13. The highest BCUT2D eigenvalue weighted by Crippen LogP contribution is 2.37. The Labute approximate surface area is 261 Å². The predicted molar refractivity (Wildman–Crippen MR) is 169 cm³/mol. The van der Waals surface area contributed by atoms with Gasteiger partial charge in [-0.3, -0.25) is 19.2 Å². The average Bonchev–Trinajstić information content (AvgIpc) is 2.97. The second-order valence-corrected chi connectivity index (χ2v) is 13.3. The molecule has 10 heteroatoms. The summed E-state index contributed by atoms with van der Waals surface area (Å²) in [5, 5.41) is 8.51. The van der Waals surface area contributed by atoms with E-state index < -0.39 is 41.8 Å². The molecule has 1 fully saturated rings. The summed E-state index contributed by atoms with van der Waals surface area (Å²) in [7, 11) is 1.28. The van der Waals surface area contributed by atoms with Gasteiger partial charge in [-0.2, -0.15) is 0 Å². The highest BCUT2D eigenvalue weighted by Gasteiger charge is 2.38. The van der Waals surface area contributed by atoms with Crippen LogP contribution in [0.4, 0.5) is 0 Å². The molecule has 3 rings (SSSR count). The highest BCUT2D eigenvalue weighted by molar-refractivity contribution is 6.07. The Morgan fingerprint density at radius 2 is 1.34 bits per heavy atom. The van der Waals surface area contributed by atoms with Crippen molar-refractivity contribution < 1.29 is 28.7 Å². The molecular weight excluding hydrogens is 560 g/mol. The van der Waals surface area contributed by atoms with Crippen LogP contribution in [-0.2, 0) is 23.9 Å². The van der Waals surface area contributed by atoms with Crippen LogP contribution in [0.1, 0.15) is 96.0 Å². The van der Waals surface area contributed by atoms with Gasteiger partial charge >= 0.3 is 5.97 Å². The van der Waals surface area contributed by atoms with E-state index >= 15 is 0 Å². The smallest absolute Gasteiger partial charge is 0.328 e. The Balaban J connectivity index is 1.83. The molecule has 0 aliphatic carbocycles. The molecular formula is C34H50N4O6. The van der Waals surface area contributed by atoms with Crippen molar-refractivity contribution in [3.8, 4) is 0 Å². The van der Waals surface area contributed by atoms with Gasteiger partial charge in [0.25, 0.3) is 5.91 Å². The van der Waals surface area contributed by atoms with Crippen LogP contribution in [-0.4, -0.2) is 72.3 Å². The minimum atomic E-state index is -0.904. The van der Waals surface area contributed by atoms with Crippen molar-refractivity contribution in [1.29, 1.82) is 0 Å². The van der Waals surface area contributed by atoms with Gasteiger partial charge in [0.05, 0.1) is 13.2 Å². The van der Waals surface area contributed by atoms with Gasteiger partial charge in [-0.05, 0) is 73.5 Å². The predicted octanol–water partition coefficient (Wildman–Crippen LogP) is 3.84. The number of nitrogens with zero attached hydrogens (tertiary/aromatic N) is 1. The summed E-state index contributed by atoms with van der Waals surface area (Å²) in [6, 6.07) is 4.51. The molecule has 1 saturated heterocycles. The Morgan fingerprint density at radius 3 is 1.91 bits per heavy atom. The molecule has 1 aromatic rings. The minimum absolute atomic E-state index is 0.0165. The summed E-state index contributed by atoms with van der Waals surface area (Å²) >= 11 is 0. The fourth-order valence-electron chi connectivity index (χ4n) is 6.06. The zero-order valence-corrected chi connectivity index (χ0v) is 27.3. The number of nitrogens with one attached hydrogen (secondary N) is 3. The molecule has 0 saturated carbocycles. The number of amides is 4. The molecule has 0 bridgehead atoms. The fourth-order valence-corrected chi connectivity index (χ4v) is 6.06. The zero-order chi connectivity index (χ0) is 32.6. The minimum Gasteiger partial charge on any atom is -0.467 e. The van der Waals surface area contributed by atoms with Gasteiger partial charge < -0.3 is 25.6 Å². The third kappa shape index (κ3) is 9.16. The number of ether oxygens (including phenoxy) is 1. The lowest BCUT2D eigenvalue weighted by molar-refractivity contribution is -0.146. The number of esters is 1. The second-order valence-electron chi connectivity index (χ2n) is 13.3. The van der Waals surface area contributed by atoms with Crippen LogP contribution >= 0.6 is 0 Å². The number of carbonyl (C=O) groups excluding carboxylic acids is 5. The highest BCUT2D eigenvalue weighted by atomic mass is 16.5. The third-order valence-electron chi connectivity index (χ3n) is 8.07. The molecule has 0 spiro atoms. The summed E-state index contributed by atoms with van der Waals surface area (Å²) in [5.41, 5.74) is 2.10. The molecule has 0 aromatic heterocycles. The summed E-state index contributed by atoms with van der Waals surface area (Å²) in [6.07, 6.45) is 5.28. The molecule has 4 amide bonds. The Kier molecular flexibility index (Phi) is 12.5. The van der Waals surface area contributed by atoms with Gasteiger partial charge in [0.2, 0.25) is 17.7 Å². The maximum atomic E-state index is 13.7. The van der Waals surface area contributed by atoms with E-state index in [0.717, 1.165) is 30.4 Å². The summed E-state index contributed by atoms with van der Waals surface area (Å²) in [4.78, 5) is 67.9. The van der Waals surface area contributed by atoms with Gasteiger partial charge in [0, 0.05) is 18.2 Å². The van der Waals surface area contributed by atoms with E-state index in [1.807, 2.05) is 64.6 Å². The lowest BCUT2D eigenvalue weighted by atomic mass is 9.83. The van der Waals surface area contributed by atoms with Crippen molar-refractivity contribution in [2.45, 2.75) is 104 Å². The first kappa shape index (κ1) is 34.8. The number of carbonyl (C=O) groups is 5. The van der Waals surface area contributed by atoms with Crippen LogP contribution in [0.3, 0.4) is 0 Å². The van der Waals surface area contributed by atoms with Crippen molar-refractivity contribution in [3.05, 3.63) is 41.5 Å². The maximum Gasteiger partial charge on any atom is 0.328 e. The summed E-state index contributed by atoms with van der Waals surface area (Å²) in [6.45, 7) is 12.3. The average molecular weight is 611 g/mol. The second kappa shape index (κ2) is 15.9. The monoisotopic (exact) mass is 610 g/mol. The first-order valence-electron chi connectivity index (χ1n) is 15.9. The topological polar surface area (TPSA) is 134 Å². The number of methoxy groups -OCH3 is 1. The summed E-state index contributed by atoms with van der Waals surface area (Å²) < 4.78 is 4.89. The number of piperidine rings is 1. The fraction of sp³-hybridized carbons (Fsp3) is 0.618. The number of fused-ring (bicyclic) bond motifs is 2. The molecule has 4 atom stereocenters. The van der Waals surface area contributed by atoms with Crippen molar-refractivity contribution in [2.24, 2.45) is 17.8 Å². The van der Waals surface area contributed by atoms with Gasteiger partial charge in [0.1, 0.15) is 18.1 Å². The van der Waals surface area contributed by atoms with E-state index in [2.05, 4.69) is 16.0 Å².